The molecule has 568 valence electrons. The maximum Gasteiger partial charge on any atom is 0.292 e. The summed E-state index contributed by atoms with van der Waals surface area (Å²) in [6.07, 6.45) is 7.34. The second-order valence-corrected chi connectivity index (χ2v) is 28.2. The van der Waals surface area contributed by atoms with Crippen molar-refractivity contribution in [1.82, 2.24) is 75.5 Å². The van der Waals surface area contributed by atoms with E-state index in [2.05, 4.69) is 190 Å². The van der Waals surface area contributed by atoms with E-state index < -0.39 is 0 Å². The Hall–Kier alpha value is -16.0. The zero-order chi connectivity index (χ0) is 79.7. The summed E-state index contributed by atoms with van der Waals surface area (Å²) in [6, 6.07) is 89.6. The number of aryl methyl sites for hydroxylation is 1. The van der Waals surface area contributed by atoms with Gasteiger partial charge in [0.15, 0.2) is 5.76 Å². The first kappa shape index (κ1) is 73.8. The second-order valence-electron chi connectivity index (χ2n) is 27.1. The third-order valence-electron chi connectivity index (χ3n) is 19.2. The Morgan fingerprint density at radius 1 is 0.453 bits per heavy atom. The molecule has 0 aliphatic heterocycles. The minimum Gasteiger partial charge on any atom is -0.459 e. The normalized spacial score (nSPS) is 11.2. The zero-order valence-electron chi connectivity index (χ0n) is 62.6. The maximum absolute atomic E-state index is 12.8. The predicted octanol–water partition coefficient (Wildman–Crippen LogP) is 20.0. The van der Waals surface area contributed by atoms with Crippen molar-refractivity contribution in [2.24, 2.45) is 7.05 Å². The van der Waals surface area contributed by atoms with Gasteiger partial charge in [0.1, 0.15) is 85.1 Å². The van der Waals surface area contributed by atoms with Crippen LogP contribution in [0.3, 0.4) is 0 Å². The molecule has 0 bridgehead atoms. The molecule has 0 atom stereocenters. The summed E-state index contributed by atoms with van der Waals surface area (Å²) in [6.45, 7) is 1.46. The first-order valence-electron chi connectivity index (χ1n) is 37.1. The van der Waals surface area contributed by atoms with Crippen LogP contribution in [-0.2, 0) is 23.1 Å². The number of furan rings is 1. The highest BCUT2D eigenvalue weighted by atomic mass is 32.1. The average Bonchev–Trinajstić information content (AvgIpc) is 1.70. The number of anilines is 4. The molecule has 0 aliphatic carbocycles. The number of carbonyl (C=O) groups is 3. The van der Waals surface area contributed by atoms with Crippen LogP contribution in [0.15, 0.2) is 301 Å². The van der Waals surface area contributed by atoms with E-state index in [9.17, 15) is 18.8 Å². The molecule has 0 spiro atoms. The topological polar surface area (TPSA) is 323 Å². The van der Waals surface area contributed by atoms with Crippen LogP contribution in [0.2, 0.25) is 0 Å². The lowest BCUT2D eigenvalue weighted by molar-refractivity contribution is -0.116. The number of nitrogen functional groups attached to an aromatic ring is 1. The van der Waals surface area contributed by atoms with E-state index in [-0.39, 0.29) is 29.3 Å². The third-order valence-corrected chi connectivity index (χ3v) is 20.0. The molecule has 0 unspecified atom stereocenters. The van der Waals surface area contributed by atoms with Gasteiger partial charge >= 0.3 is 0 Å². The number of aromatic nitrogens is 15. The van der Waals surface area contributed by atoms with E-state index in [0.717, 1.165) is 127 Å². The van der Waals surface area contributed by atoms with E-state index in [1.54, 1.807) is 70.7 Å². The van der Waals surface area contributed by atoms with E-state index in [4.69, 9.17) is 10.2 Å². The Balaban J connectivity index is 0.000000106. The highest BCUT2D eigenvalue weighted by molar-refractivity contribution is 7.10. The van der Waals surface area contributed by atoms with Gasteiger partial charge in [0.05, 0.1) is 40.3 Å². The Bertz CT molecular complexity index is 7250. The number of H-pyrrole nitrogens is 4. The van der Waals surface area contributed by atoms with E-state index in [0.29, 0.717) is 35.2 Å². The summed E-state index contributed by atoms with van der Waals surface area (Å²) in [5.41, 5.74) is 22.8. The number of rotatable bonds is 12. The SMILES string of the molecule is CC(=O)Nc1ccc2[nH]nc(-c3ccc4ccccc4c3)c2n1.Cn1nc(/C=C/c2ccc(F)cc2)c2ncccc21.Nc1ccc2[nH]nc(-c3ccc4ccccc4c3)c2n1.O=C(Cc1cccs1)Nc1ccc2[nH]nc(-c3ccc4ccccc4c3)c2n1.O=C(Nc1ccc2[nH]nc(-c3ccc4ccccc4c3)c2n1)c1ccco1. The summed E-state index contributed by atoms with van der Waals surface area (Å²) >= 11 is 1.57. The number of nitrogens with zero attached hydrogens (tertiary/aromatic N) is 11. The van der Waals surface area contributed by atoms with Gasteiger partial charge in [0, 0.05) is 47.3 Å². The van der Waals surface area contributed by atoms with Gasteiger partial charge in [-0.25, -0.2) is 24.3 Å². The van der Waals surface area contributed by atoms with Crippen molar-refractivity contribution in [1.29, 1.82) is 0 Å². The van der Waals surface area contributed by atoms with Gasteiger partial charge in [-0.1, -0.05) is 170 Å². The molecule has 23 nitrogen and oxygen atoms in total. The quantitative estimate of drug-likeness (QED) is 0.0564. The number of carbonyl (C=O) groups excluding carboxylic acids is 3. The monoisotopic (exact) mass is 1550 g/mol. The van der Waals surface area contributed by atoms with Crippen LogP contribution in [0.5, 0.6) is 0 Å². The minimum atomic E-state index is -0.345. The molecule has 21 rings (SSSR count). The number of nitrogens with two attached hydrogens (primary N) is 1. The molecule has 9 N–H and O–H groups in total. The van der Waals surface area contributed by atoms with Gasteiger partial charge in [-0.15, -0.1) is 11.3 Å². The van der Waals surface area contributed by atoms with Crippen molar-refractivity contribution in [3.8, 4) is 45.0 Å². The fourth-order valence-corrected chi connectivity index (χ4v) is 14.2. The molecule has 117 heavy (non-hydrogen) atoms. The Morgan fingerprint density at radius 3 is 1.34 bits per heavy atom. The smallest absolute Gasteiger partial charge is 0.292 e. The minimum absolute atomic E-state index is 0.0787. The van der Waals surface area contributed by atoms with E-state index in [1.165, 1.54) is 52.3 Å². The lowest BCUT2D eigenvalue weighted by Gasteiger charge is -2.05. The lowest BCUT2D eigenvalue weighted by atomic mass is 10.0. The van der Waals surface area contributed by atoms with Crippen LogP contribution in [0.4, 0.5) is 27.7 Å². The second kappa shape index (κ2) is 33.1. The van der Waals surface area contributed by atoms with Crippen molar-refractivity contribution in [2.45, 2.75) is 13.3 Å². The highest BCUT2D eigenvalue weighted by Gasteiger charge is 2.19. The van der Waals surface area contributed by atoms with Crippen molar-refractivity contribution < 1.29 is 23.2 Å². The largest absolute Gasteiger partial charge is 0.459 e. The highest BCUT2D eigenvalue weighted by Crippen LogP contribution is 2.34. The predicted molar refractivity (Wildman–Crippen MR) is 463 cm³/mol. The van der Waals surface area contributed by atoms with Gasteiger partial charge < -0.3 is 26.1 Å². The molecule has 0 aliphatic rings. The summed E-state index contributed by atoms with van der Waals surface area (Å²) < 4.78 is 19.7. The van der Waals surface area contributed by atoms with Gasteiger partial charge in [0.25, 0.3) is 5.91 Å². The molecule has 21 aromatic rings. The number of hydrogen-bond donors (Lipinski definition) is 8. The number of fused-ring (bicyclic) bond motifs is 9. The fraction of sp³-hybridized carbons (Fsp3) is 0.0326. The first-order valence-corrected chi connectivity index (χ1v) is 38.0. The Labute approximate surface area is 669 Å². The fourth-order valence-electron chi connectivity index (χ4n) is 13.5. The number of halogens is 1. The number of benzene rings is 9. The number of amides is 3. The molecule has 0 fully saturated rings. The number of hydrogen-bond acceptors (Lipinski definition) is 16. The summed E-state index contributed by atoms with van der Waals surface area (Å²) in [5, 5.41) is 53.7. The van der Waals surface area contributed by atoms with Crippen LogP contribution in [-0.4, -0.2) is 93.2 Å². The Kier molecular flexibility index (Phi) is 20.9. The van der Waals surface area contributed by atoms with Gasteiger partial charge in [0.2, 0.25) is 11.8 Å². The van der Waals surface area contributed by atoms with Crippen LogP contribution in [0.1, 0.15) is 33.6 Å². The standard InChI is InChI=1S/C22H16N4OS.C21H14N4O2.C18H14N4O.C16H12N4.C15H12FN3/c27-20(13-17-6-3-11-28-17)23-19-10-9-18-22(24-19)21(26-25-18)16-8-7-14-4-1-2-5-15(14)12-16;26-21(17-6-3-11-27-17)23-18-10-9-16-20(22-18)19(25-24-16)15-8-7-13-4-1-2-5-14(13)12-15;1-11(23)19-16-9-8-15-18(20-16)17(22-21-15)14-7-6-12-4-2-3-5-13(12)10-14;17-14-8-7-13-16(18-14)15(20-19-13)12-6-5-10-3-1-2-4-11(10)9-12;1-19-14-3-2-10-17-15(14)13(18-19)9-6-11-4-7-12(16)8-5-11/h1-12H,13H2,(H,25,26)(H,23,24,27);1-12H,(H,24,25)(H,22,23,26);2-10H,1H3,(H,21,22)(H,19,20,23);1-9H,(H2,17,18)(H,19,20);2-10H,1H3/b;;;;9-6+. The number of nitrogens with one attached hydrogen (secondary N) is 7. The number of aromatic amines is 4. The van der Waals surface area contributed by atoms with E-state index in [1.807, 2.05) is 140 Å². The zero-order valence-corrected chi connectivity index (χ0v) is 63.4. The summed E-state index contributed by atoms with van der Waals surface area (Å²) in [4.78, 5) is 59.1. The van der Waals surface area contributed by atoms with Crippen molar-refractivity contribution in [2.75, 3.05) is 21.7 Å². The van der Waals surface area contributed by atoms with Gasteiger partial charge in [-0.2, -0.15) is 25.5 Å². The van der Waals surface area contributed by atoms with E-state index >= 15 is 0 Å². The molecule has 12 heterocycles. The van der Waals surface area contributed by atoms with Gasteiger partial charge in [-0.05, 0) is 175 Å². The molecule has 9 aromatic carbocycles. The lowest BCUT2D eigenvalue weighted by Crippen LogP contribution is -2.14. The molecule has 0 radical (unpaired) electrons. The van der Waals surface area contributed by atoms with Crippen molar-refractivity contribution in [3.63, 3.8) is 0 Å². The van der Waals surface area contributed by atoms with Crippen LogP contribution in [0.25, 0.3) is 155 Å². The summed E-state index contributed by atoms with van der Waals surface area (Å²) in [7, 11) is 1.89. The molecular weight excluding hydrogens is 1490 g/mol. The van der Waals surface area contributed by atoms with Crippen molar-refractivity contribution in [3.05, 3.63) is 325 Å². The number of pyridine rings is 5. The van der Waals surface area contributed by atoms with Gasteiger partial charge in [-0.3, -0.25) is 44.4 Å². The third kappa shape index (κ3) is 16.7. The maximum atomic E-state index is 12.8. The molecule has 25 heteroatoms. The molecule has 3 amide bonds. The summed E-state index contributed by atoms with van der Waals surface area (Å²) in [5.74, 6) is 1.42. The molecule has 0 saturated carbocycles. The van der Waals surface area contributed by atoms with Crippen LogP contribution in [0, 0.1) is 5.82 Å². The van der Waals surface area contributed by atoms with Crippen LogP contribution < -0.4 is 21.7 Å². The Morgan fingerprint density at radius 2 is 0.897 bits per heavy atom. The molecule has 0 saturated heterocycles. The molecular formula is C92H68FN19O4S. The molecule has 12 aromatic heterocycles. The number of thiophene rings is 1. The van der Waals surface area contributed by atoms with Crippen molar-refractivity contribution >= 4 is 163 Å². The average molecular weight is 1550 g/mol. The first-order chi connectivity index (χ1) is 57.3. The van der Waals surface area contributed by atoms with Crippen LogP contribution >= 0.6 is 11.3 Å².